The van der Waals surface area contributed by atoms with E-state index in [0.717, 1.165) is 0 Å². The van der Waals surface area contributed by atoms with E-state index in [4.69, 9.17) is 0 Å². The molecule has 1 saturated carbocycles. The lowest BCUT2D eigenvalue weighted by Gasteiger charge is -2.26. The number of carbonyl (C=O) groups excluding carboxylic acids is 1. The smallest absolute Gasteiger partial charge is 0.405 e. The number of ether oxygens (including phenoxy) is 1. The Labute approximate surface area is 134 Å². The number of amides is 1. The summed E-state index contributed by atoms with van der Waals surface area (Å²) in [5.41, 5.74) is 0.420. The first kappa shape index (κ1) is 16.3. The lowest BCUT2D eigenvalue weighted by molar-refractivity contribution is -0.274. The minimum Gasteiger partial charge on any atom is -0.405 e. The fourth-order valence-corrected chi connectivity index (χ4v) is 3.96. The highest BCUT2D eigenvalue weighted by Crippen LogP contribution is 2.51. The molecule has 1 heterocycles. The zero-order valence-corrected chi connectivity index (χ0v) is 13.0. The van der Waals surface area contributed by atoms with Crippen LogP contribution in [0.2, 0.25) is 0 Å². The van der Waals surface area contributed by atoms with Crippen LogP contribution < -0.4 is 4.74 Å². The van der Waals surface area contributed by atoms with Gasteiger partial charge in [-0.25, -0.2) is 0 Å². The first-order valence-corrected chi connectivity index (χ1v) is 8.82. The molecule has 3 rings (SSSR count). The Bertz CT molecular complexity index is 625. The van der Waals surface area contributed by atoms with Crippen molar-refractivity contribution in [2.45, 2.75) is 18.7 Å². The van der Waals surface area contributed by atoms with Gasteiger partial charge in [0, 0.05) is 41.3 Å². The van der Waals surface area contributed by atoms with Gasteiger partial charge >= 0.3 is 6.36 Å². The van der Waals surface area contributed by atoms with Crippen LogP contribution >= 0.6 is 0 Å². The van der Waals surface area contributed by atoms with Crippen molar-refractivity contribution < 1.29 is 26.9 Å². The topological polar surface area (TPSA) is 46.6 Å². The number of benzene rings is 1. The number of rotatable bonds is 3. The van der Waals surface area contributed by atoms with Crippen molar-refractivity contribution in [1.29, 1.82) is 0 Å². The molecule has 126 valence electrons. The Kier molecular flexibility index (Phi) is 4.35. The second-order valence-corrected chi connectivity index (χ2v) is 7.40. The summed E-state index contributed by atoms with van der Waals surface area (Å²) in [5.74, 6) is 0.0925. The van der Waals surface area contributed by atoms with E-state index in [1.165, 1.54) is 12.1 Å². The molecule has 4 nitrogen and oxygen atoms in total. The molecule has 1 aromatic rings. The molecule has 1 saturated heterocycles. The summed E-state index contributed by atoms with van der Waals surface area (Å²) < 4.78 is 52.8. The fraction of sp³-hybridized carbons (Fsp3) is 0.533. The van der Waals surface area contributed by atoms with Crippen LogP contribution in [0.4, 0.5) is 13.2 Å². The van der Waals surface area contributed by atoms with Gasteiger partial charge in [0.25, 0.3) is 0 Å². The molecule has 0 radical (unpaired) electrons. The second-order valence-electron chi connectivity index (χ2n) is 5.71. The van der Waals surface area contributed by atoms with Crippen molar-refractivity contribution in [3.05, 3.63) is 29.8 Å². The molecule has 1 amide bonds. The molecule has 0 bridgehead atoms. The number of nitrogens with zero attached hydrogens (tertiary/aromatic N) is 1. The van der Waals surface area contributed by atoms with E-state index in [-0.39, 0.29) is 23.5 Å². The van der Waals surface area contributed by atoms with Crippen molar-refractivity contribution in [1.82, 2.24) is 4.90 Å². The largest absolute Gasteiger partial charge is 0.573 e. The van der Waals surface area contributed by atoms with Gasteiger partial charge in [0.05, 0.1) is 0 Å². The van der Waals surface area contributed by atoms with Crippen LogP contribution in [0.15, 0.2) is 24.3 Å². The van der Waals surface area contributed by atoms with Gasteiger partial charge in [-0.3, -0.25) is 9.00 Å². The van der Waals surface area contributed by atoms with E-state index < -0.39 is 17.2 Å². The van der Waals surface area contributed by atoms with E-state index in [2.05, 4.69) is 4.74 Å². The Morgan fingerprint density at radius 2 is 1.87 bits per heavy atom. The summed E-state index contributed by atoms with van der Waals surface area (Å²) >= 11 is 0. The highest BCUT2D eigenvalue weighted by atomic mass is 32.2. The summed E-state index contributed by atoms with van der Waals surface area (Å²) in [6.45, 7) is 0.907. The Hall–Kier alpha value is -1.57. The highest BCUT2D eigenvalue weighted by Gasteiger charge is 2.48. The van der Waals surface area contributed by atoms with Gasteiger partial charge in [0.15, 0.2) is 0 Å². The van der Waals surface area contributed by atoms with Crippen LogP contribution in [0.1, 0.15) is 17.9 Å². The van der Waals surface area contributed by atoms with E-state index >= 15 is 0 Å². The van der Waals surface area contributed by atoms with Gasteiger partial charge in [-0.1, -0.05) is 18.2 Å². The third-order valence-electron chi connectivity index (χ3n) is 4.14. The maximum Gasteiger partial charge on any atom is 0.573 e. The Morgan fingerprint density at radius 3 is 2.52 bits per heavy atom. The number of hydrogen-bond acceptors (Lipinski definition) is 3. The van der Waals surface area contributed by atoms with Crippen LogP contribution in [0.3, 0.4) is 0 Å². The van der Waals surface area contributed by atoms with Gasteiger partial charge in [-0.2, -0.15) is 0 Å². The molecule has 2 atom stereocenters. The predicted molar refractivity (Wildman–Crippen MR) is 78.4 cm³/mol. The molecular weight excluding hydrogens is 331 g/mol. The minimum atomic E-state index is -4.75. The quantitative estimate of drug-likeness (QED) is 0.843. The monoisotopic (exact) mass is 347 g/mol. The summed E-state index contributed by atoms with van der Waals surface area (Å²) in [7, 11) is -0.869. The maximum atomic E-state index is 12.5. The van der Waals surface area contributed by atoms with E-state index in [1.54, 1.807) is 17.0 Å². The van der Waals surface area contributed by atoms with Crippen LogP contribution in [0, 0.1) is 5.92 Å². The molecule has 2 unspecified atom stereocenters. The second kappa shape index (κ2) is 6.14. The van der Waals surface area contributed by atoms with Crippen molar-refractivity contribution in [2.75, 3.05) is 24.6 Å². The summed E-state index contributed by atoms with van der Waals surface area (Å²) in [6.07, 6.45) is -4.22. The van der Waals surface area contributed by atoms with Crippen LogP contribution in [-0.2, 0) is 15.6 Å². The standard InChI is InChI=1S/C15H16F3NO3S/c16-15(17,18)22-13-4-2-1-3-10(13)11-9-12(11)14(20)19-5-7-23(21)8-6-19/h1-4,11-12H,5-9H2. The predicted octanol–water partition coefficient (Wildman–Crippen LogP) is 2.28. The molecule has 2 fully saturated rings. The number of para-hydroxylation sites is 1. The first-order chi connectivity index (χ1) is 10.8. The van der Waals surface area contributed by atoms with E-state index in [0.29, 0.717) is 36.6 Å². The maximum absolute atomic E-state index is 12.5. The lowest BCUT2D eigenvalue weighted by Crippen LogP contribution is -2.42. The van der Waals surface area contributed by atoms with Gasteiger partial charge in [-0.15, -0.1) is 13.2 Å². The fourth-order valence-electron chi connectivity index (χ4n) is 2.91. The third kappa shape index (κ3) is 3.85. The average molecular weight is 347 g/mol. The summed E-state index contributed by atoms with van der Waals surface area (Å²) in [6, 6.07) is 5.96. The SMILES string of the molecule is O=C(C1CC1c1ccccc1OC(F)(F)F)N1CCS(=O)CC1. The van der Waals surface area contributed by atoms with Crippen molar-refractivity contribution in [3.8, 4) is 5.75 Å². The van der Waals surface area contributed by atoms with Gasteiger partial charge in [0.1, 0.15) is 5.75 Å². The van der Waals surface area contributed by atoms with Gasteiger partial charge in [0.2, 0.25) is 5.91 Å². The summed E-state index contributed by atoms with van der Waals surface area (Å²) in [4.78, 5) is 14.1. The van der Waals surface area contributed by atoms with Crippen molar-refractivity contribution in [3.63, 3.8) is 0 Å². The van der Waals surface area contributed by atoms with Crippen LogP contribution in [0.5, 0.6) is 5.75 Å². The van der Waals surface area contributed by atoms with E-state index in [9.17, 15) is 22.2 Å². The molecule has 0 N–H and O–H groups in total. The van der Waals surface area contributed by atoms with Crippen LogP contribution in [-0.4, -0.2) is 46.0 Å². The van der Waals surface area contributed by atoms with Gasteiger partial charge in [-0.05, 0) is 24.0 Å². The van der Waals surface area contributed by atoms with Crippen LogP contribution in [0.25, 0.3) is 0 Å². The number of hydrogen-bond donors (Lipinski definition) is 0. The van der Waals surface area contributed by atoms with Crippen molar-refractivity contribution >= 4 is 16.7 Å². The number of halogens is 3. The molecule has 23 heavy (non-hydrogen) atoms. The third-order valence-corrected chi connectivity index (χ3v) is 5.42. The Morgan fingerprint density at radius 1 is 1.22 bits per heavy atom. The van der Waals surface area contributed by atoms with E-state index in [1.807, 2.05) is 0 Å². The highest BCUT2D eigenvalue weighted by molar-refractivity contribution is 7.85. The zero-order valence-electron chi connectivity index (χ0n) is 12.2. The molecule has 1 aromatic carbocycles. The minimum absolute atomic E-state index is 0.0616. The molecule has 8 heteroatoms. The average Bonchev–Trinajstić information content (AvgIpc) is 3.26. The molecule has 0 spiro atoms. The van der Waals surface area contributed by atoms with Crippen molar-refractivity contribution in [2.24, 2.45) is 5.92 Å². The Balaban J connectivity index is 1.68. The number of carbonyl (C=O) groups is 1. The molecule has 1 aliphatic carbocycles. The summed E-state index contributed by atoms with van der Waals surface area (Å²) in [5, 5.41) is 0. The normalized spacial score (nSPS) is 25.3. The zero-order chi connectivity index (χ0) is 16.6. The molecule has 0 aromatic heterocycles. The number of alkyl halides is 3. The van der Waals surface area contributed by atoms with Gasteiger partial charge < -0.3 is 9.64 Å². The molecular formula is C15H16F3NO3S. The first-order valence-electron chi connectivity index (χ1n) is 7.33. The molecule has 2 aliphatic rings. The molecule has 1 aliphatic heterocycles. The lowest BCUT2D eigenvalue weighted by atomic mass is 10.1.